The molecule has 0 radical (unpaired) electrons. The van der Waals surface area contributed by atoms with Crippen LogP contribution in [0, 0.1) is 5.92 Å². The molecule has 0 aliphatic carbocycles. The van der Waals surface area contributed by atoms with E-state index in [4.69, 9.17) is 16.2 Å². The molecule has 1 unspecified atom stereocenters. The lowest BCUT2D eigenvalue weighted by Crippen LogP contribution is -2.61. The number of cyclic esters (lactones) is 1. The third-order valence-corrected chi connectivity index (χ3v) is 21.0. The van der Waals surface area contributed by atoms with Crippen LogP contribution in [0.2, 0.25) is 0 Å². The van der Waals surface area contributed by atoms with E-state index in [2.05, 4.69) is 80.7 Å². The minimum absolute atomic E-state index is 0.00494. The van der Waals surface area contributed by atoms with Gasteiger partial charge >= 0.3 is 23.9 Å². The van der Waals surface area contributed by atoms with Gasteiger partial charge in [-0.2, -0.15) is 0 Å². The van der Waals surface area contributed by atoms with E-state index in [1.54, 1.807) is 60.9 Å². The molecule has 0 saturated carbocycles. The molecule has 6 rings (SSSR count). The molecule has 3 aromatic carbocycles. The fraction of sp³-hybridized carbons (Fsp3) is 0.494. The van der Waals surface area contributed by atoms with E-state index in [1.165, 1.54) is 24.3 Å². The normalized spacial score (nSPS) is 20.3. The lowest BCUT2D eigenvalue weighted by molar-refractivity contribution is -0.156. The third-order valence-electron chi connectivity index (χ3n) is 21.0. The second-order valence-electron chi connectivity index (χ2n) is 31.5. The summed E-state index contributed by atoms with van der Waals surface area (Å²) in [7, 11) is 0. The summed E-state index contributed by atoms with van der Waals surface area (Å²) in [5, 5.41) is 86.2. The second-order valence-corrected chi connectivity index (χ2v) is 31.5. The molecular weight excluding hydrogens is 1720 g/mol. The number of aliphatic hydroxyl groups is 2. The number of carbonyl (C=O) groups excluding carboxylic acids is 18. The van der Waals surface area contributed by atoms with Crippen molar-refractivity contribution < 1.29 is 131 Å². The van der Waals surface area contributed by atoms with Crippen LogP contribution in [-0.2, 0) is 113 Å². The van der Waals surface area contributed by atoms with Gasteiger partial charge in [-0.25, -0.2) is 4.79 Å². The lowest BCUT2D eigenvalue weighted by atomic mass is 9.96. The number of primary amides is 1. The SMILES string of the molecule is CCCCCCCCCC(=O)N[C@@H](Cc1c[nH]c2ccccc12)C(=O)N[C@@H](CC(N)=O)C(=O)N[C@@H](CCO)C(=O)N[C@@H]1C(=O)NCC(=O)N[C@@H](CCCNC(=O)C(Cc2c[nH]c3ccccc23)NC(C)=O)C(=O)N[C@@H](CC(=O)O)C(=O)N[C@H](C)C(=O)N[C@@H](CC(=O)O)C(=O)NCC(=O)N[C@H](CO)C(=O)N[C@@H]([C@H](C)CC(=O)O)C(=O)N[C@@H](CC(=O)c2ccccc2N)C(=O)O[C@@H]1C. The van der Waals surface area contributed by atoms with Crippen LogP contribution < -0.4 is 91.2 Å². The highest BCUT2D eigenvalue weighted by molar-refractivity contribution is 6.05. The number of aliphatic carboxylic acids is 3. The number of hydrogen-bond donors (Lipinski definition) is 24. The first-order chi connectivity index (χ1) is 62.2. The summed E-state index contributed by atoms with van der Waals surface area (Å²) < 4.78 is 5.79. The second kappa shape index (κ2) is 52.7. The standard InChI is InChI=1S/C85H115N19O27/c1-6-7-8-9-10-11-12-27-66(110)96-58(33-48-39-90-54-25-18-15-21-50(48)54)80(125)100-59(35-65(87)109)81(126)98-56(28-30-105)78(123)104-73-45(4)131-85(130)62(34-64(108)51-22-13-16-23-52(51)86)102-84(129)72(43(2)31-69(113)114)103-82(127)63(42-106)97-68(112)40-91-76(121)60(36-70(115)116)99-74(119)44(3)93-79(124)61(37-71(117)118)101-77(122)55(95-67(111)41-92-83(73)128)26-19-29-88-75(120)57(94-46(5)107)32-47-38-89-53-24-17-14-20-49(47)53/h13-18,20-25,38-39,43-45,55-63,72-73,89-90,105-106H,6-12,19,26-37,40-42,86H2,1-5H3,(H2,87,109)(H,88,120)(H,91,121)(H,92,128)(H,93,124)(H,94,107)(H,95,111)(H,96,110)(H,97,112)(H,98,126)(H,99,119)(H,100,125)(H,101,122)(H,102,129)(H,103,127)(H,104,123)(H,113,114)(H,115,116)(H,117,118)/t43-,44-,45-,55+,56+,57?,58+,59+,60+,61+,62+,63-,72+,73+/m1/s1. The summed E-state index contributed by atoms with van der Waals surface area (Å²) in [5.74, 6) is -29.1. The molecule has 1 aliphatic rings. The van der Waals surface area contributed by atoms with Crippen molar-refractivity contribution in [1.29, 1.82) is 0 Å². The number of ketones is 1. The number of benzene rings is 3. The number of aliphatic hydroxyl groups excluding tert-OH is 2. The number of aromatic amines is 2. The quantitative estimate of drug-likeness (QED) is 0.00763. The van der Waals surface area contributed by atoms with Gasteiger partial charge in [0.15, 0.2) is 5.78 Å². The van der Waals surface area contributed by atoms with E-state index >= 15 is 14.4 Å². The van der Waals surface area contributed by atoms with Gasteiger partial charge in [-0.3, -0.25) is 95.9 Å². The fourth-order valence-corrected chi connectivity index (χ4v) is 14.0. The Bertz CT molecular complexity index is 4960. The topological polar surface area (TPSA) is 733 Å². The maximum absolute atomic E-state index is 15.1. The zero-order valence-corrected chi connectivity index (χ0v) is 72.8. The summed E-state index contributed by atoms with van der Waals surface area (Å²) in [6.07, 6.45) is -0.422. The number of carboxylic acid groups (broad SMARTS) is 3. The number of anilines is 1. The molecule has 0 bridgehead atoms. The molecule has 5 aromatic rings. The number of ether oxygens (including phenoxy) is 1. The van der Waals surface area contributed by atoms with Crippen LogP contribution in [0.25, 0.3) is 21.8 Å². The van der Waals surface area contributed by atoms with Gasteiger partial charge in [0.25, 0.3) is 0 Å². The first kappa shape index (κ1) is 105. The van der Waals surface area contributed by atoms with Crippen LogP contribution in [-0.4, -0.2) is 271 Å². The van der Waals surface area contributed by atoms with Crippen LogP contribution in [0.15, 0.2) is 85.2 Å². The number of fused-ring (bicyclic) bond motifs is 2. The van der Waals surface area contributed by atoms with Gasteiger partial charge in [-0.15, -0.1) is 0 Å². The Morgan fingerprint density at radius 2 is 1.03 bits per heavy atom. The molecule has 2 aromatic heterocycles. The number of hydrogen-bond acceptors (Lipinski definition) is 25. The van der Waals surface area contributed by atoms with E-state index in [9.17, 15) is 112 Å². The molecule has 46 heteroatoms. The van der Waals surface area contributed by atoms with Gasteiger partial charge in [0, 0.05) is 91.2 Å². The van der Waals surface area contributed by atoms with Crippen molar-refractivity contribution in [3.05, 3.63) is 102 Å². The zero-order valence-electron chi connectivity index (χ0n) is 72.8. The predicted molar refractivity (Wildman–Crippen MR) is 463 cm³/mol. The molecule has 712 valence electrons. The highest BCUT2D eigenvalue weighted by Crippen LogP contribution is 2.23. The van der Waals surface area contributed by atoms with Crippen molar-refractivity contribution in [3.63, 3.8) is 0 Å². The Labute approximate surface area is 750 Å². The van der Waals surface area contributed by atoms with Crippen molar-refractivity contribution >= 4 is 152 Å². The molecule has 3 heterocycles. The highest BCUT2D eigenvalue weighted by atomic mass is 16.5. The van der Waals surface area contributed by atoms with Crippen LogP contribution in [0.1, 0.15) is 159 Å². The van der Waals surface area contributed by atoms with E-state index in [1.807, 2.05) is 16.0 Å². The average molecular weight is 1830 g/mol. The van der Waals surface area contributed by atoms with Crippen molar-refractivity contribution in [3.8, 4) is 0 Å². The summed E-state index contributed by atoms with van der Waals surface area (Å²) in [5.41, 5.74) is 13.9. The van der Waals surface area contributed by atoms with Gasteiger partial charge < -0.3 is 131 Å². The number of aromatic nitrogens is 2. The molecule has 14 atom stereocenters. The Morgan fingerprint density at radius 1 is 0.511 bits per heavy atom. The molecule has 46 nitrogen and oxygen atoms in total. The lowest BCUT2D eigenvalue weighted by Gasteiger charge is -2.30. The van der Waals surface area contributed by atoms with Crippen LogP contribution in [0.3, 0.4) is 0 Å². The van der Waals surface area contributed by atoms with Crippen molar-refractivity contribution in [2.75, 3.05) is 38.6 Å². The first-order valence-corrected chi connectivity index (χ1v) is 42.5. The van der Waals surface area contributed by atoms with Crippen molar-refractivity contribution in [2.24, 2.45) is 11.7 Å². The number of rotatable bonds is 40. The first-order valence-electron chi connectivity index (χ1n) is 42.5. The summed E-state index contributed by atoms with van der Waals surface area (Å²) in [6, 6.07) is -4.49. The number of unbranched alkanes of at least 4 members (excludes halogenated alkanes) is 6. The molecule has 26 N–H and O–H groups in total. The molecular formula is C85H115N19O27. The van der Waals surface area contributed by atoms with Crippen LogP contribution in [0.5, 0.6) is 0 Å². The van der Waals surface area contributed by atoms with Crippen molar-refractivity contribution in [1.82, 2.24) is 89.7 Å². The summed E-state index contributed by atoms with van der Waals surface area (Å²) in [6.45, 7) is 1.10. The fourth-order valence-electron chi connectivity index (χ4n) is 14.0. The number of nitrogen functional groups attached to an aromatic ring is 1. The summed E-state index contributed by atoms with van der Waals surface area (Å²) >= 11 is 0. The number of para-hydroxylation sites is 3. The number of carboxylic acids is 3. The minimum atomic E-state index is -2.40. The number of nitrogens with one attached hydrogen (secondary N) is 17. The smallest absolute Gasteiger partial charge is 0.329 e. The third kappa shape index (κ3) is 34.6. The van der Waals surface area contributed by atoms with Gasteiger partial charge in [-0.05, 0) is 80.8 Å². The van der Waals surface area contributed by atoms with Crippen molar-refractivity contribution in [2.45, 2.75) is 229 Å². The number of Topliss-reactive ketones (excluding diaryl/α,β-unsaturated/α-hetero) is 1. The number of nitrogens with two attached hydrogens (primary N) is 2. The molecule has 1 aliphatic heterocycles. The van der Waals surface area contributed by atoms with Gasteiger partial charge in [0.2, 0.25) is 94.5 Å². The Hall–Kier alpha value is -14.5. The molecule has 1 saturated heterocycles. The number of esters is 1. The molecule has 0 spiro atoms. The number of carbonyl (C=O) groups is 21. The zero-order chi connectivity index (χ0) is 96.7. The predicted octanol–water partition coefficient (Wildman–Crippen LogP) is -4.33. The largest absolute Gasteiger partial charge is 0.481 e. The van der Waals surface area contributed by atoms with Gasteiger partial charge in [0.05, 0.1) is 45.4 Å². The number of amides is 16. The Morgan fingerprint density at radius 3 is 1.60 bits per heavy atom. The van der Waals surface area contributed by atoms with E-state index in [0.717, 1.165) is 65.2 Å². The van der Waals surface area contributed by atoms with Crippen LogP contribution >= 0.6 is 0 Å². The average Bonchev–Trinajstić information content (AvgIpc) is 1.82. The molecule has 131 heavy (non-hydrogen) atoms. The van der Waals surface area contributed by atoms with E-state index in [-0.39, 0.29) is 43.5 Å². The maximum atomic E-state index is 15.1. The Kier molecular flexibility index (Phi) is 42.4. The monoisotopic (exact) mass is 1830 g/mol. The highest BCUT2D eigenvalue weighted by Gasteiger charge is 2.41. The van der Waals surface area contributed by atoms with Gasteiger partial charge in [-0.1, -0.05) is 101 Å². The van der Waals surface area contributed by atoms with E-state index in [0.29, 0.717) is 40.4 Å². The van der Waals surface area contributed by atoms with Gasteiger partial charge in [0.1, 0.15) is 78.6 Å². The Balaban J connectivity index is 1.43. The molecule has 1 fully saturated rings. The van der Waals surface area contributed by atoms with Crippen LogP contribution in [0.4, 0.5) is 5.69 Å². The molecule has 16 amide bonds. The minimum Gasteiger partial charge on any atom is -0.481 e. The summed E-state index contributed by atoms with van der Waals surface area (Å²) in [4.78, 5) is 297. The maximum Gasteiger partial charge on any atom is 0.329 e. The van der Waals surface area contributed by atoms with E-state index < -0.39 is 280 Å². The number of H-pyrrole nitrogens is 2.